The van der Waals surface area contributed by atoms with Crippen LogP contribution in [0, 0.1) is 0 Å². The van der Waals surface area contributed by atoms with Gasteiger partial charge in [-0.25, -0.2) is 0 Å². The van der Waals surface area contributed by atoms with E-state index in [2.05, 4.69) is 0 Å². The Kier molecular flexibility index (Phi) is 3.17. The molecule has 0 heterocycles. The van der Waals surface area contributed by atoms with Gasteiger partial charge in [0.25, 0.3) is 0 Å². The predicted octanol–water partition coefficient (Wildman–Crippen LogP) is 1.06. The van der Waals surface area contributed by atoms with Crippen molar-refractivity contribution in [3.63, 3.8) is 0 Å². The second-order valence-corrected chi connectivity index (χ2v) is 4.10. The first-order valence-electron chi connectivity index (χ1n) is 4.00. The molecule has 1 rings (SSSR count). The maximum Gasteiger partial charge on any atom is 0.301 e. The Balaban J connectivity index is 3.27. The summed E-state index contributed by atoms with van der Waals surface area (Å²) in [5, 5.41) is 0. The molecule has 0 unspecified atom stereocenters. The molecule has 80 valence electrons. The Labute approximate surface area is 82.8 Å². The van der Waals surface area contributed by atoms with E-state index in [0.717, 1.165) is 0 Å². The van der Waals surface area contributed by atoms with Crippen molar-refractivity contribution in [2.45, 2.75) is 12.8 Å². The maximum atomic E-state index is 11.0. The molecule has 0 aromatic carbocycles. The number of allylic oxidation sites excluding steroid dienone is 2. The van der Waals surface area contributed by atoms with Crippen LogP contribution in [-0.4, -0.2) is 27.2 Å². The monoisotopic (exact) mass is 220 g/mol. The van der Waals surface area contributed by atoms with Crippen molar-refractivity contribution in [2.75, 3.05) is 14.2 Å². The number of methoxy groups -OCH3 is 2. The number of hydrogen-bond donors (Lipinski definition) is 1. The fraction of sp³-hybridized carbons (Fsp3) is 0.500. The van der Waals surface area contributed by atoms with Crippen molar-refractivity contribution in [3.8, 4) is 0 Å². The number of ether oxygens (including phenoxy) is 2. The summed E-state index contributed by atoms with van der Waals surface area (Å²) in [5.74, 6) is 0.363. The highest BCUT2D eigenvalue weighted by Gasteiger charge is 2.28. The molecular weight excluding hydrogens is 208 g/mol. The summed E-state index contributed by atoms with van der Waals surface area (Å²) in [6, 6.07) is 0. The summed E-state index contributed by atoms with van der Waals surface area (Å²) in [6.45, 7) is 0. The van der Waals surface area contributed by atoms with Crippen molar-refractivity contribution >= 4 is 10.1 Å². The van der Waals surface area contributed by atoms with Crippen LogP contribution in [0.4, 0.5) is 0 Å². The quantitative estimate of drug-likeness (QED) is 0.720. The van der Waals surface area contributed by atoms with Gasteiger partial charge in [-0.15, -0.1) is 0 Å². The molecule has 6 heteroatoms. The highest BCUT2D eigenvalue weighted by atomic mass is 32.2. The van der Waals surface area contributed by atoms with E-state index >= 15 is 0 Å². The van der Waals surface area contributed by atoms with Gasteiger partial charge in [-0.1, -0.05) is 0 Å². The molecule has 0 amide bonds. The summed E-state index contributed by atoms with van der Waals surface area (Å²) in [4.78, 5) is -0.270. The second kappa shape index (κ2) is 4.02. The highest BCUT2D eigenvalue weighted by Crippen LogP contribution is 2.29. The fourth-order valence-electron chi connectivity index (χ4n) is 1.32. The van der Waals surface area contributed by atoms with Crippen molar-refractivity contribution in [1.82, 2.24) is 0 Å². The van der Waals surface area contributed by atoms with E-state index in [4.69, 9.17) is 14.0 Å². The minimum atomic E-state index is -4.29. The largest absolute Gasteiger partial charge is 0.499 e. The van der Waals surface area contributed by atoms with E-state index in [1.807, 2.05) is 0 Å². The topological polar surface area (TPSA) is 72.8 Å². The molecule has 0 aromatic heterocycles. The minimum Gasteiger partial charge on any atom is -0.499 e. The molecule has 1 aliphatic rings. The van der Waals surface area contributed by atoms with Crippen LogP contribution in [0.2, 0.25) is 0 Å². The highest BCUT2D eigenvalue weighted by molar-refractivity contribution is 7.90. The van der Waals surface area contributed by atoms with Crippen LogP contribution < -0.4 is 0 Å². The van der Waals surface area contributed by atoms with Gasteiger partial charge in [0.2, 0.25) is 0 Å². The molecule has 14 heavy (non-hydrogen) atoms. The zero-order valence-electron chi connectivity index (χ0n) is 7.98. The van der Waals surface area contributed by atoms with Gasteiger partial charge in [-0.2, -0.15) is 8.42 Å². The lowest BCUT2D eigenvalue weighted by Gasteiger charge is -2.17. The first-order valence-corrected chi connectivity index (χ1v) is 5.44. The first kappa shape index (κ1) is 11.1. The lowest BCUT2D eigenvalue weighted by molar-refractivity contribution is 0.253. The molecule has 0 saturated heterocycles. The predicted molar refractivity (Wildman–Crippen MR) is 49.9 cm³/mol. The van der Waals surface area contributed by atoms with Crippen LogP contribution in [-0.2, 0) is 19.6 Å². The Bertz CT molecular complexity index is 377. The lowest BCUT2D eigenvalue weighted by atomic mass is 10.1. The summed E-state index contributed by atoms with van der Waals surface area (Å²) >= 11 is 0. The van der Waals surface area contributed by atoms with Gasteiger partial charge in [0, 0.05) is 6.42 Å². The first-order chi connectivity index (χ1) is 6.50. The molecule has 0 aromatic rings. The SMILES string of the molecule is COC1=CCCC(OC)=C1S(=O)(=O)O. The van der Waals surface area contributed by atoms with Gasteiger partial charge < -0.3 is 9.47 Å². The maximum absolute atomic E-state index is 11.0. The molecule has 0 radical (unpaired) electrons. The van der Waals surface area contributed by atoms with Crippen molar-refractivity contribution in [3.05, 3.63) is 22.5 Å². The Hall–Kier alpha value is -1.01. The van der Waals surface area contributed by atoms with Crippen LogP contribution in [0.5, 0.6) is 0 Å². The molecule has 0 bridgehead atoms. The summed E-state index contributed by atoms with van der Waals surface area (Å²) in [7, 11) is -1.58. The van der Waals surface area contributed by atoms with Crippen LogP contribution in [0.3, 0.4) is 0 Å². The Morgan fingerprint density at radius 2 is 2.00 bits per heavy atom. The van der Waals surface area contributed by atoms with Gasteiger partial charge in [-0.05, 0) is 12.5 Å². The van der Waals surface area contributed by atoms with Crippen molar-refractivity contribution in [1.29, 1.82) is 0 Å². The Morgan fingerprint density at radius 3 is 2.43 bits per heavy atom. The molecule has 0 atom stereocenters. The van der Waals surface area contributed by atoms with Gasteiger partial charge in [0.15, 0.2) is 4.91 Å². The van der Waals surface area contributed by atoms with E-state index in [-0.39, 0.29) is 16.4 Å². The van der Waals surface area contributed by atoms with E-state index in [9.17, 15) is 8.42 Å². The average Bonchev–Trinajstić information content (AvgIpc) is 2.15. The zero-order valence-corrected chi connectivity index (χ0v) is 8.80. The molecule has 1 N–H and O–H groups in total. The van der Waals surface area contributed by atoms with E-state index in [1.165, 1.54) is 14.2 Å². The third-order valence-corrected chi connectivity index (χ3v) is 2.85. The molecule has 0 saturated carbocycles. The van der Waals surface area contributed by atoms with Crippen LogP contribution in [0.15, 0.2) is 22.5 Å². The normalized spacial score (nSPS) is 17.8. The van der Waals surface area contributed by atoms with Gasteiger partial charge >= 0.3 is 10.1 Å². The summed E-state index contributed by atoms with van der Waals surface area (Å²) < 4.78 is 40.7. The molecule has 0 aliphatic heterocycles. The number of rotatable bonds is 3. The molecule has 0 spiro atoms. The van der Waals surface area contributed by atoms with Gasteiger partial charge in [0.05, 0.1) is 14.2 Å². The third kappa shape index (κ3) is 2.08. The fourth-order valence-corrected chi connectivity index (χ4v) is 2.21. The Morgan fingerprint density at radius 1 is 1.36 bits per heavy atom. The molecule has 0 fully saturated rings. The van der Waals surface area contributed by atoms with Crippen molar-refractivity contribution < 1.29 is 22.4 Å². The number of hydrogen-bond acceptors (Lipinski definition) is 4. The lowest BCUT2D eigenvalue weighted by Crippen LogP contribution is -2.13. The molecular formula is C8H12O5S. The third-order valence-electron chi connectivity index (χ3n) is 1.90. The van der Waals surface area contributed by atoms with Crippen molar-refractivity contribution in [2.24, 2.45) is 0 Å². The van der Waals surface area contributed by atoms with E-state index in [1.54, 1.807) is 6.08 Å². The van der Waals surface area contributed by atoms with Crippen LogP contribution >= 0.6 is 0 Å². The summed E-state index contributed by atoms with van der Waals surface area (Å²) in [5.41, 5.74) is 0. The van der Waals surface area contributed by atoms with Gasteiger partial charge in [-0.3, -0.25) is 4.55 Å². The van der Waals surface area contributed by atoms with Crippen LogP contribution in [0.1, 0.15) is 12.8 Å². The van der Waals surface area contributed by atoms with E-state index in [0.29, 0.717) is 12.8 Å². The molecule has 1 aliphatic carbocycles. The standard InChI is InChI=1S/C8H12O5S/c1-12-6-4-3-5-7(13-2)8(6)14(9,10)11/h4H,3,5H2,1-2H3,(H,9,10,11). The smallest absolute Gasteiger partial charge is 0.301 e. The zero-order chi connectivity index (χ0) is 10.8. The second-order valence-electron chi connectivity index (χ2n) is 2.74. The van der Waals surface area contributed by atoms with E-state index < -0.39 is 10.1 Å². The average molecular weight is 220 g/mol. The summed E-state index contributed by atoms with van der Waals surface area (Å²) in [6.07, 6.45) is 2.68. The van der Waals surface area contributed by atoms with Gasteiger partial charge in [0.1, 0.15) is 11.5 Å². The minimum absolute atomic E-state index is 0.135. The van der Waals surface area contributed by atoms with Crippen LogP contribution in [0.25, 0.3) is 0 Å². The molecule has 5 nitrogen and oxygen atoms in total.